The fraction of sp³-hybridized carbons (Fsp3) is 0.167. The Morgan fingerprint density at radius 3 is 2.83 bits per heavy atom. The highest BCUT2D eigenvalue weighted by Crippen LogP contribution is 2.43. The first-order valence-corrected chi connectivity index (χ1v) is 14.0. The number of aromatic nitrogens is 3. The first kappa shape index (κ1) is 24.7. The Kier molecular flexibility index (Phi) is 5.82. The molecule has 7 nitrogen and oxygen atoms in total. The molecule has 10 heteroatoms. The van der Waals surface area contributed by atoms with Gasteiger partial charge in [0.15, 0.2) is 11.1 Å². The van der Waals surface area contributed by atoms with Crippen LogP contribution >= 0.6 is 22.9 Å². The molecule has 0 saturated heterocycles. The van der Waals surface area contributed by atoms with Gasteiger partial charge in [-0.2, -0.15) is 5.10 Å². The van der Waals surface area contributed by atoms with Gasteiger partial charge in [0.2, 0.25) is 0 Å². The Labute approximate surface area is 237 Å². The van der Waals surface area contributed by atoms with Gasteiger partial charge >= 0.3 is 0 Å². The molecule has 2 aliphatic rings. The van der Waals surface area contributed by atoms with Gasteiger partial charge in [-0.1, -0.05) is 29.0 Å². The average Bonchev–Trinajstić information content (AvgIpc) is 3.36. The van der Waals surface area contributed by atoms with Crippen LogP contribution in [0.4, 0.5) is 9.52 Å². The number of carbonyl (C=O) groups excluding carboxylic acids is 2. The van der Waals surface area contributed by atoms with Crippen molar-refractivity contribution in [1.29, 1.82) is 0 Å². The molecule has 1 fully saturated rings. The molecule has 0 radical (unpaired) electrons. The van der Waals surface area contributed by atoms with E-state index in [1.54, 1.807) is 12.3 Å². The molecule has 0 spiro atoms. The van der Waals surface area contributed by atoms with E-state index in [2.05, 4.69) is 20.7 Å². The lowest BCUT2D eigenvalue weighted by atomic mass is 9.90. The molecule has 1 aliphatic heterocycles. The van der Waals surface area contributed by atoms with E-state index in [1.165, 1.54) is 29.5 Å². The number of nitrogens with zero attached hydrogens (tertiary/aromatic N) is 3. The van der Waals surface area contributed by atoms with Crippen LogP contribution in [0.1, 0.15) is 57.5 Å². The first-order chi connectivity index (χ1) is 19.4. The number of aryl methyl sites for hydroxylation is 1. The lowest BCUT2D eigenvalue weighted by Crippen LogP contribution is -2.19. The van der Waals surface area contributed by atoms with E-state index in [0.29, 0.717) is 38.4 Å². The van der Waals surface area contributed by atoms with Crippen molar-refractivity contribution in [2.24, 2.45) is 0 Å². The molecule has 2 aromatic heterocycles. The summed E-state index contributed by atoms with van der Waals surface area (Å²) in [4.78, 5) is 30.6. The van der Waals surface area contributed by atoms with Gasteiger partial charge in [0.1, 0.15) is 11.5 Å². The maximum atomic E-state index is 14.3. The summed E-state index contributed by atoms with van der Waals surface area (Å²) in [6.45, 7) is 2.00. The van der Waals surface area contributed by atoms with E-state index < -0.39 is 17.8 Å². The zero-order valence-corrected chi connectivity index (χ0v) is 22.7. The summed E-state index contributed by atoms with van der Waals surface area (Å²) >= 11 is 7.86. The number of carbonyl (C=O) groups is 1. The minimum atomic E-state index is -0.739. The van der Waals surface area contributed by atoms with Gasteiger partial charge in [0.25, 0.3) is 5.91 Å². The fourth-order valence-electron chi connectivity index (χ4n) is 5.15. The van der Waals surface area contributed by atoms with Gasteiger partial charge in [0, 0.05) is 39.0 Å². The lowest BCUT2D eigenvalue weighted by molar-refractivity contribution is 0.102. The summed E-state index contributed by atoms with van der Waals surface area (Å²) in [5, 5.41) is 11.3. The van der Waals surface area contributed by atoms with Crippen LogP contribution in [0.3, 0.4) is 0 Å². The summed E-state index contributed by atoms with van der Waals surface area (Å²) in [5.41, 5.74) is 5.32. The second kappa shape index (κ2) is 9.41. The number of hydrogen-bond donors (Lipinski definition) is 2. The van der Waals surface area contributed by atoms with Gasteiger partial charge in [-0.3, -0.25) is 14.8 Å². The first-order valence-electron chi connectivity index (χ1n) is 12.8. The van der Waals surface area contributed by atoms with Crippen molar-refractivity contribution in [3.05, 3.63) is 99.6 Å². The summed E-state index contributed by atoms with van der Waals surface area (Å²) in [7, 11) is 0. The topological polar surface area (TPSA) is 88.9 Å². The SMILES string of the molecule is Cc1ccc2nc(NC(=O)c3cc(-c4cnn(C5CC5)c4)cc4c3C(c3cc(F)ccc3Cl)NC4=C=O)sc2c1. The number of anilines is 1. The largest absolute Gasteiger partial charge is 0.365 e. The van der Waals surface area contributed by atoms with Crippen LogP contribution in [0.15, 0.2) is 60.9 Å². The van der Waals surface area contributed by atoms with Crippen molar-refractivity contribution in [3.8, 4) is 11.1 Å². The van der Waals surface area contributed by atoms with Crippen molar-refractivity contribution < 1.29 is 14.0 Å². The highest BCUT2D eigenvalue weighted by molar-refractivity contribution is 7.22. The predicted octanol–water partition coefficient (Wildman–Crippen LogP) is 6.71. The Morgan fingerprint density at radius 1 is 1.18 bits per heavy atom. The molecule has 1 atom stereocenters. The molecule has 1 aliphatic carbocycles. The Hall–Kier alpha value is -4.30. The molecule has 40 heavy (non-hydrogen) atoms. The Balaban J connectivity index is 1.38. The molecule has 1 amide bonds. The number of nitrogens with one attached hydrogen (secondary N) is 2. The van der Waals surface area contributed by atoms with Crippen LogP contribution in [0, 0.1) is 12.7 Å². The van der Waals surface area contributed by atoms with Crippen LogP contribution < -0.4 is 10.6 Å². The smallest absolute Gasteiger partial charge is 0.257 e. The molecule has 3 aromatic carbocycles. The monoisotopic (exact) mass is 569 g/mol. The molecular formula is C30H21ClFN5O2S. The van der Waals surface area contributed by atoms with Crippen LogP contribution in [-0.4, -0.2) is 26.6 Å². The molecule has 3 heterocycles. The van der Waals surface area contributed by atoms with Crippen molar-refractivity contribution in [1.82, 2.24) is 20.1 Å². The minimum Gasteiger partial charge on any atom is -0.365 e. The number of amides is 1. The number of thiazole rings is 1. The fourth-order valence-corrected chi connectivity index (χ4v) is 6.33. The van der Waals surface area contributed by atoms with Crippen LogP contribution in [0.25, 0.3) is 27.0 Å². The lowest BCUT2D eigenvalue weighted by Gasteiger charge is -2.18. The third-order valence-electron chi connectivity index (χ3n) is 7.26. The molecule has 1 saturated carbocycles. The van der Waals surface area contributed by atoms with Crippen molar-refractivity contribution in [2.45, 2.75) is 31.8 Å². The summed E-state index contributed by atoms with van der Waals surface area (Å²) in [6.07, 6.45) is 5.87. The van der Waals surface area contributed by atoms with Gasteiger partial charge in [-0.05, 0) is 73.4 Å². The number of benzene rings is 3. The predicted molar refractivity (Wildman–Crippen MR) is 154 cm³/mol. The number of fused-ring (bicyclic) bond motifs is 2. The number of hydrogen-bond acceptors (Lipinski definition) is 6. The number of rotatable bonds is 5. The van der Waals surface area contributed by atoms with Gasteiger partial charge < -0.3 is 5.32 Å². The second-order valence-corrected chi connectivity index (χ2v) is 11.5. The number of halogens is 2. The van der Waals surface area contributed by atoms with E-state index >= 15 is 0 Å². The minimum absolute atomic E-state index is 0.168. The van der Waals surface area contributed by atoms with Gasteiger partial charge in [0.05, 0.1) is 28.5 Å². The Bertz CT molecular complexity index is 1900. The Morgan fingerprint density at radius 2 is 2.02 bits per heavy atom. The normalized spacial score (nSPS) is 16.1. The van der Waals surface area contributed by atoms with E-state index in [1.807, 2.05) is 48.0 Å². The van der Waals surface area contributed by atoms with E-state index in [-0.39, 0.29) is 5.70 Å². The zero-order chi connectivity index (χ0) is 27.5. The van der Waals surface area contributed by atoms with Crippen LogP contribution in [-0.2, 0) is 4.79 Å². The zero-order valence-electron chi connectivity index (χ0n) is 21.2. The van der Waals surface area contributed by atoms with Crippen molar-refractivity contribution >= 4 is 55.8 Å². The average molecular weight is 570 g/mol. The second-order valence-electron chi connectivity index (χ2n) is 10.1. The highest BCUT2D eigenvalue weighted by atomic mass is 35.5. The van der Waals surface area contributed by atoms with E-state index in [0.717, 1.165) is 39.7 Å². The van der Waals surface area contributed by atoms with Crippen molar-refractivity contribution in [2.75, 3.05) is 5.32 Å². The highest BCUT2D eigenvalue weighted by Gasteiger charge is 2.35. The maximum absolute atomic E-state index is 14.3. The summed E-state index contributed by atoms with van der Waals surface area (Å²) < 4.78 is 17.2. The third-order valence-corrected chi connectivity index (χ3v) is 8.54. The molecule has 7 rings (SSSR count). The quantitative estimate of drug-likeness (QED) is 0.230. The summed E-state index contributed by atoms with van der Waals surface area (Å²) in [5.74, 6) is 1.07. The molecule has 1 unspecified atom stereocenters. The maximum Gasteiger partial charge on any atom is 0.257 e. The molecule has 0 bridgehead atoms. The molecule has 5 aromatic rings. The van der Waals surface area contributed by atoms with Crippen molar-refractivity contribution in [3.63, 3.8) is 0 Å². The summed E-state index contributed by atoms with van der Waals surface area (Å²) in [6, 6.07) is 13.2. The van der Waals surface area contributed by atoms with Gasteiger partial charge in [-0.15, -0.1) is 0 Å². The van der Waals surface area contributed by atoms with E-state index in [9.17, 15) is 14.0 Å². The molecular weight excluding hydrogens is 549 g/mol. The molecule has 198 valence electrons. The van der Waals surface area contributed by atoms with Gasteiger partial charge in [-0.25, -0.2) is 14.2 Å². The van der Waals surface area contributed by atoms with Crippen LogP contribution in [0.5, 0.6) is 0 Å². The molecule has 2 N–H and O–H groups in total. The third kappa shape index (κ3) is 4.29. The van der Waals surface area contributed by atoms with E-state index in [4.69, 9.17) is 11.6 Å². The van der Waals surface area contributed by atoms with Crippen LogP contribution in [0.2, 0.25) is 5.02 Å². The standard InChI is InChI=1S/C30H21ClFN5O2S/c1-15-2-7-24-26(8-15)40-30(35-24)36-29(39)22-10-16(17-12-33-37(13-17)19-4-5-19)9-21-25(14-38)34-28(27(21)22)20-11-18(32)3-6-23(20)31/h2-3,6-13,19,28,34H,4-5H2,1H3,(H,35,36,39).